The largest absolute Gasteiger partial charge is 0.493 e. The van der Waals surface area contributed by atoms with Gasteiger partial charge in [-0.25, -0.2) is 10.4 Å². The second-order valence-electron chi connectivity index (χ2n) is 3.84. The molecule has 7 nitrogen and oxygen atoms in total. The van der Waals surface area contributed by atoms with Crippen LogP contribution in [0.1, 0.15) is 11.7 Å². The number of nitrogens with zero attached hydrogens (tertiary/aromatic N) is 3. The van der Waals surface area contributed by atoms with E-state index in [-0.39, 0.29) is 22.6 Å². The number of thiocarbonyl (C=S) groups is 1. The first kappa shape index (κ1) is 14.4. The maximum absolute atomic E-state index is 11.6. The van der Waals surface area contributed by atoms with Gasteiger partial charge in [-0.1, -0.05) is 11.6 Å². The molecule has 0 amide bonds. The second kappa shape index (κ2) is 5.53. The molecule has 104 valence electrons. The van der Waals surface area contributed by atoms with E-state index in [1.807, 2.05) is 0 Å². The van der Waals surface area contributed by atoms with Crippen LogP contribution in [-0.4, -0.2) is 20.7 Å². The number of azo groups is 1. The maximum Gasteiger partial charge on any atom is 0.230 e. The Morgan fingerprint density at radius 2 is 2.25 bits per heavy atom. The average molecular weight is 312 g/mol. The summed E-state index contributed by atoms with van der Waals surface area (Å²) >= 11 is 10.6. The number of aromatic nitrogens is 1. The molecule has 0 spiro atoms. The summed E-state index contributed by atoms with van der Waals surface area (Å²) in [5, 5.41) is 18.4. The predicted molar refractivity (Wildman–Crippen MR) is 79.4 cm³/mol. The van der Waals surface area contributed by atoms with E-state index >= 15 is 0 Å². The molecule has 1 aromatic heterocycles. The minimum atomic E-state index is -0.365. The monoisotopic (exact) mass is 311 g/mol. The molecule has 2 aromatic rings. The maximum atomic E-state index is 11.6. The SMILES string of the molecule is CC(=O)n1c(O)c(N=NC(=S)NN)c2cc(Cl)ccc21. The van der Waals surface area contributed by atoms with Gasteiger partial charge in [0.05, 0.1) is 5.52 Å². The normalized spacial score (nSPS) is 11.2. The molecule has 0 unspecified atom stereocenters. The summed E-state index contributed by atoms with van der Waals surface area (Å²) in [6, 6.07) is 4.79. The molecule has 0 fully saturated rings. The Labute approximate surface area is 124 Å². The molecule has 0 aliphatic carbocycles. The molecule has 1 aromatic carbocycles. The van der Waals surface area contributed by atoms with E-state index in [2.05, 4.69) is 15.7 Å². The number of benzene rings is 1. The highest BCUT2D eigenvalue weighted by Gasteiger charge is 2.19. The van der Waals surface area contributed by atoms with Gasteiger partial charge in [0.1, 0.15) is 0 Å². The standard InChI is InChI=1S/C11H10ClN5O2S/c1-5(18)17-8-3-2-6(12)4-7(8)9(10(17)19)15-16-11(20)14-13/h2-4,19H,13H2,1H3,(H,14,20). The van der Waals surface area contributed by atoms with Gasteiger partial charge >= 0.3 is 0 Å². The van der Waals surface area contributed by atoms with Crippen molar-refractivity contribution >= 4 is 51.4 Å². The number of nitrogens with two attached hydrogens (primary N) is 1. The van der Waals surface area contributed by atoms with Crippen molar-refractivity contribution in [3.8, 4) is 5.88 Å². The number of fused-ring (bicyclic) bond motifs is 1. The van der Waals surface area contributed by atoms with Gasteiger partial charge in [0, 0.05) is 17.3 Å². The van der Waals surface area contributed by atoms with Gasteiger partial charge in [0.25, 0.3) is 0 Å². The van der Waals surface area contributed by atoms with E-state index in [1.165, 1.54) is 6.92 Å². The van der Waals surface area contributed by atoms with Gasteiger partial charge in [-0.15, -0.1) is 10.2 Å². The molecular formula is C11H10ClN5O2S. The van der Waals surface area contributed by atoms with Crippen LogP contribution in [0.25, 0.3) is 10.9 Å². The molecule has 20 heavy (non-hydrogen) atoms. The number of hydrogen-bond acceptors (Lipinski definition) is 5. The molecule has 0 atom stereocenters. The van der Waals surface area contributed by atoms with Crippen molar-refractivity contribution in [3.05, 3.63) is 23.2 Å². The fourth-order valence-corrected chi connectivity index (χ4v) is 1.99. The van der Waals surface area contributed by atoms with Gasteiger partial charge in [-0.05, 0) is 30.4 Å². The Bertz CT molecular complexity index is 740. The van der Waals surface area contributed by atoms with Crippen molar-refractivity contribution in [2.45, 2.75) is 6.92 Å². The predicted octanol–water partition coefficient (Wildman–Crippen LogP) is 2.49. The van der Waals surface area contributed by atoms with Crippen molar-refractivity contribution in [2.24, 2.45) is 16.1 Å². The summed E-state index contributed by atoms with van der Waals surface area (Å²) in [5.74, 6) is 4.38. The minimum Gasteiger partial charge on any atom is -0.493 e. The lowest BCUT2D eigenvalue weighted by molar-refractivity contribution is 0.0933. The van der Waals surface area contributed by atoms with Crippen molar-refractivity contribution in [1.82, 2.24) is 9.99 Å². The van der Waals surface area contributed by atoms with Crippen LogP contribution in [0.4, 0.5) is 5.69 Å². The molecule has 4 N–H and O–H groups in total. The first-order valence-electron chi connectivity index (χ1n) is 5.42. The zero-order valence-electron chi connectivity index (χ0n) is 10.3. The van der Waals surface area contributed by atoms with Crippen LogP contribution < -0.4 is 11.3 Å². The summed E-state index contributed by atoms with van der Waals surface area (Å²) in [6.07, 6.45) is 0. The minimum absolute atomic E-state index is 0.0600. The van der Waals surface area contributed by atoms with Crippen LogP contribution in [0.15, 0.2) is 28.4 Å². The lowest BCUT2D eigenvalue weighted by Gasteiger charge is -2.00. The Morgan fingerprint density at radius 1 is 1.55 bits per heavy atom. The van der Waals surface area contributed by atoms with Gasteiger partial charge in [0.2, 0.25) is 16.9 Å². The number of halogens is 1. The third-order valence-electron chi connectivity index (χ3n) is 2.56. The highest BCUT2D eigenvalue weighted by atomic mass is 35.5. The lowest BCUT2D eigenvalue weighted by Crippen LogP contribution is -2.26. The van der Waals surface area contributed by atoms with Crippen LogP contribution in [0.5, 0.6) is 5.88 Å². The number of carbonyl (C=O) groups excluding carboxylic acids is 1. The number of rotatable bonds is 1. The highest BCUT2D eigenvalue weighted by molar-refractivity contribution is 7.80. The van der Waals surface area contributed by atoms with Gasteiger partial charge in [-0.2, -0.15) is 0 Å². The van der Waals surface area contributed by atoms with Crippen molar-refractivity contribution in [1.29, 1.82) is 0 Å². The van der Waals surface area contributed by atoms with Crippen LogP contribution in [0.2, 0.25) is 5.02 Å². The summed E-state index contributed by atoms with van der Waals surface area (Å²) in [4.78, 5) is 11.6. The smallest absolute Gasteiger partial charge is 0.230 e. The van der Waals surface area contributed by atoms with E-state index in [0.29, 0.717) is 15.9 Å². The third kappa shape index (κ3) is 2.48. The molecular weight excluding hydrogens is 302 g/mol. The molecule has 2 rings (SSSR count). The Kier molecular flexibility index (Phi) is 3.98. The third-order valence-corrected chi connectivity index (χ3v) is 2.99. The molecule has 0 aliphatic rings. The number of aromatic hydroxyl groups is 1. The summed E-state index contributed by atoms with van der Waals surface area (Å²) in [5.41, 5.74) is 2.70. The quantitative estimate of drug-likeness (QED) is 0.325. The Hall–Kier alpha value is -2.03. The van der Waals surface area contributed by atoms with E-state index in [9.17, 15) is 9.90 Å². The number of nitrogens with one attached hydrogen (secondary N) is 1. The zero-order chi connectivity index (χ0) is 14.9. The van der Waals surface area contributed by atoms with Gasteiger partial charge < -0.3 is 5.11 Å². The van der Waals surface area contributed by atoms with Crippen LogP contribution in [0.3, 0.4) is 0 Å². The lowest BCUT2D eigenvalue weighted by atomic mass is 10.2. The summed E-state index contributed by atoms with van der Waals surface area (Å²) in [7, 11) is 0. The number of carbonyl (C=O) groups is 1. The fraction of sp³-hybridized carbons (Fsp3) is 0.0909. The molecule has 0 bridgehead atoms. The van der Waals surface area contributed by atoms with Crippen LogP contribution >= 0.6 is 23.8 Å². The summed E-state index contributed by atoms with van der Waals surface area (Å²) < 4.78 is 1.11. The molecule has 0 saturated heterocycles. The van der Waals surface area contributed by atoms with Gasteiger partial charge in [-0.3, -0.25) is 10.2 Å². The zero-order valence-corrected chi connectivity index (χ0v) is 11.9. The molecule has 1 heterocycles. The Balaban J connectivity index is 2.72. The Morgan fingerprint density at radius 3 is 2.85 bits per heavy atom. The van der Waals surface area contributed by atoms with Crippen molar-refractivity contribution in [2.75, 3.05) is 0 Å². The average Bonchev–Trinajstić information content (AvgIpc) is 2.67. The van der Waals surface area contributed by atoms with E-state index in [4.69, 9.17) is 29.7 Å². The molecule has 0 radical (unpaired) electrons. The van der Waals surface area contributed by atoms with Crippen LogP contribution in [0, 0.1) is 0 Å². The van der Waals surface area contributed by atoms with E-state index in [0.717, 1.165) is 4.57 Å². The van der Waals surface area contributed by atoms with E-state index in [1.54, 1.807) is 18.2 Å². The van der Waals surface area contributed by atoms with Crippen molar-refractivity contribution < 1.29 is 9.90 Å². The fourth-order valence-electron chi connectivity index (χ4n) is 1.77. The summed E-state index contributed by atoms with van der Waals surface area (Å²) in [6.45, 7) is 1.32. The van der Waals surface area contributed by atoms with E-state index < -0.39 is 0 Å². The van der Waals surface area contributed by atoms with Crippen molar-refractivity contribution in [3.63, 3.8) is 0 Å². The molecule has 0 aliphatic heterocycles. The second-order valence-corrected chi connectivity index (χ2v) is 4.66. The topological polar surface area (TPSA) is 105 Å². The number of hydrazine groups is 1. The molecule has 0 saturated carbocycles. The highest BCUT2D eigenvalue weighted by Crippen LogP contribution is 2.39. The first-order valence-corrected chi connectivity index (χ1v) is 6.20. The van der Waals surface area contributed by atoms with Crippen LogP contribution in [-0.2, 0) is 0 Å². The first-order chi connectivity index (χ1) is 9.45. The van der Waals surface area contributed by atoms with Gasteiger partial charge in [0.15, 0.2) is 5.69 Å². The molecule has 9 heteroatoms. The number of hydrogen-bond donors (Lipinski definition) is 3.